The van der Waals surface area contributed by atoms with Crippen molar-refractivity contribution < 1.29 is 14.0 Å². The fourth-order valence-electron chi connectivity index (χ4n) is 1.86. The van der Waals surface area contributed by atoms with Crippen LogP contribution in [0, 0.1) is 5.82 Å². The molecule has 2 N–H and O–H groups in total. The van der Waals surface area contributed by atoms with Crippen molar-refractivity contribution >= 4 is 33.2 Å². The fraction of sp³-hybridized carbons (Fsp3) is 0. The molecule has 2 amide bonds. The SMILES string of the molecule is O=C(NNC(=O)c1cc2cc(F)ccc2s1)c1ccccn1. The molecule has 3 aromatic rings. The Kier molecular flexibility index (Phi) is 3.80. The zero-order valence-electron chi connectivity index (χ0n) is 11.2. The summed E-state index contributed by atoms with van der Waals surface area (Å²) in [6.07, 6.45) is 1.48. The summed E-state index contributed by atoms with van der Waals surface area (Å²) in [7, 11) is 0. The van der Waals surface area contributed by atoms with Crippen molar-refractivity contribution in [3.05, 3.63) is 65.0 Å². The van der Waals surface area contributed by atoms with Gasteiger partial charge in [-0.05, 0) is 41.8 Å². The third kappa shape index (κ3) is 2.94. The molecule has 2 aromatic heterocycles. The molecule has 0 fully saturated rings. The van der Waals surface area contributed by atoms with Gasteiger partial charge in [-0.3, -0.25) is 25.4 Å². The highest BCUT2D eigenvalue weighted by Gasteiger charge is 2.12. The number of hydrogen-bond acceptors (Lipinski definition) is 4. The predicted octanol–water partition coefficient (Wildman–Crippen LogP) is 2.51. The van der Waals surface area contributed by atoms with Gasteiger partial charge in [-0.1, -0.05) is 6.07 Å². The van der Waals surface area contributed by atoms with E-state index in [4.69, 9.17) is 0 Å². The van der Waals surface area contributed by atoms with Gasteiger partial charge in [-0.2, -0.15) is 0 Å². The standard InChI is InChI=1S/C15H10FN3O2S/c16-10-4-5-12-9(7-10)8-13(22-12)15(21)19-18-14(20)11-3-1-2-6-17-11/h1-8H,(H,18,20)(H,19,21). The van der Waals surface area contributed by atoms with Gasteiger partial charge in [0.2, 0.25) is 0 Å². The lowest BCUT2D eigenvalue weighted by molar-refractivity contribution is 0.0846. The molecule has 0 saturated heterocycles. The Morgan fingerprint density at radius 2 is 1.86 bits per heavy atom. The second-order valence-electron chi connectivity index (χ2n) is 4.42. The summed E-state index contributed by atoms with van der Waals surface area (Å²) in [6, 6.07) is 10.8. The molecule has 0 saturated carbocycles. The van der Waals surface area contributed by atoms with Crippen molar-refractivity contribution in [2.24, 2.45) is 0 Å². The van der Waals surface area contributed by atoms with Crippen LogP contribution >= 0.6 is 11.3 Å². The monoisotopic (exact) mass is 315 g/mol. The molecule has 2 heterocycles. The number of rotatable bonds is 2. The average Bonchev–Trinajstić information content (AvgIpc) is 2.96. The molecule has 1 aromatic carbocycles. The normalized spacial score (nSPS) is 10.4. The van der Waals surface area contributed by atoms with Gasteiger partial charge in [-0.15, -0.1) is 11.3 Å². The number of carbonyl (C=O) groups is 2. The average molecular weight is 315 g/mol. The number of fused-ring (bicyclic) bond motifs is 1. The minimum Gasteiger partial charge on any atom is -0.266 e. The van der Waals surface area contributed by atoms with E-state index in [2.05, 4.69) is 15.8 Å². The van der Waals surface area contributed by atoms with Gasteiger partial charge in [-0.25, -0.2) is 4.39 Å². The first-order valence-electron chi connectivity index (χ1n) is 6.34. The van der Waals surface area contributed by atoms with E-state index in [9.17, 15) is 14.0 Å². The summed E-state index contributed by atoms with van der Waals surface area (Å²) in [5.74, 6) is -1.34. The molecule has 0 bridgehead atoms. The molecule has 0 atom stereocenters. The van der Waals surface area contributed by atoms with Crippen LogP contribution in [0.5, 0.6) is 0 Å². The largest absolute Gasteiger partial charge is 0.288 e. The molecule has 110 valence electrons. The van der Waals surface area contributed by atoms with Gasteiger partial charge < -0.3 is 0 Å². The van der Waals surface area contributed by atoms with Gasteiger partial charge in [0, 0.05) is 10.9 Å². The summed E-state index contributed by atoms with van der Waals surface area (Å²) < 4.78 is 13.9. The van der Waals surface area contributed by atoms with Gasteiger partial charge in [0.1, 0.15) is 11.5 Å². The molecular formula is C15H10FN3O2S. The van der Waals surface area contributed by atoms with Crippen LogP contribution in [0.25, 0.3) is 10.1 Å². The number of nitrogens with zero attached hydrogens (tertiary/aromatic N) is 1. The van der Waals surface area contributed by atoms with Crippen molar-refractivity contribution in [1.29, 1.82) is 0 Å². The van der Waals surface area contributed by atoms with Gasteiger partial charge in [0.15, 0.2) is 0 Å². The van der Waals surface area contributed by atoms with E-state index in [1.807, 2.05) is 0 Å². The van der Waals surface area contributed by atoms with Crippen LogP contribution in [0.4, 0.5) is 4.39 Å². The smallest absolute Gasteiger partial charge is 0.266 e. The van der Waals surface area contributed by atoms with Crippen LogP contribution < -0.4 is 10.9 Å². The fourth-order valence-corrected chi connectivity index (χ4v) is 2.80. The van der Waals surface area contributed by atoms with E-state index in [0.717, 1.165) is 4.70 Å². The summed E-state index contributed by atoms with van der Waals surface area (Å²) in [6.45, 7) is 0. The molecule has 7 heteroatoms. The Morgan fingerprint density at radius 1 is 1.05 bits per heavy atom. The lowest BCUT2D eigenvalue weighted by Crippen LogP contribution is -2.41. The molecule has 0 unspecified atom stereocenters. The first kappa shape index (κ1) is 14.2. The van der Waals surface area contributed by atoms with E-state index in [0.29, 0.717) is 10.3 Å². The number of hydrazine groups is 1. The van der Waals surface area contributed by atoms with E-state index in [1.165, 1.54) is 35.7 Å². The third-order valence-electron chi connectivity index (χ3n) is 2.89. The molecule has 0 radical (unpaired) electrons. The molecule has 0 aliphatic heterocycles. The minimum absolute atomic E-state index is 0.196. The minimum atomic E-state index is -0.513. The maximum absolute atomic E-state index is 13.1. The second-order valence-corrected chi connectivity index (χ2v) is 5.50. The zero-order valence-corrected chi connectivity index (χ0v) is 12.0. The number of thiophene rings is 1. The first-order chi connectivity index (χ1) is 10.6. The quantitative estimate of drug-likeness (QED) is 0.714. The van der Waals surface area contributed by atoms with Crippen molar-refractivity contribution in [2.45, 2.75) is 0 Å². The number of nitrogens with one attached hydrogen (secondary N) is 2. The molecule has 5 nitrogen and oxygen atoms in total. The lowest BCUT2D eigenvalue weighted by Gasteiger charge is -2.05. The molecule has 0 spiro atoms. The highest BCUT2D eigenvalue weighted by Crippen LogP contribution is 2.26. The third-order valence-corrected chi connectivity index (χ3v) is 4.00. The lowest BCUT2D eigenvalue weighted by atomic mass is 10.2. The molecule has 0 aliphatic rings. The summed E-state index contributed by atoms with van der Waals surface area (Å²) in [5.41, 5.74) is 4.79. The number of halogens is 1. The van der Waals surface area contributed by atoms with Crippen LogP contribution in [-0.4, -0.2) is 16.8 Å². The maximum atomic E-state index is 13.1. The van der Waals surface area contributed by atoms with E-state index < -0.39 is 11.8 Å². The Balaban J connectivity index is 1.69. The topological polar surface area (TPSA) is 71.1 Å². The van der Waals surface area contributed by atoms with E-state index >= 15 is 0 Å². The van der Waals surface area contributed by atoms with E-state index in [-0.39, 0.29) is 11.5 Å². The first-order valence-corrected chi connectivity index (χ1v) is 7.16. The van der Waals surface area contributed by atoms with Gasteiger partial charge >= 0.3 is 0 Å². The summed E-state index contributed by atoms with van der Waals surface area (Å²) >= 11 is 1.22. The predicted molar refractivity (Wildman–Crippen MR) is 81.0 cm³/mol. The van der Waals surface area contributed by atoms with Gasteiger partial charge in [0.25, 0.3) is 11.8 Å². The summed E-state index contributed by atoms with van der Waals surface area (Å²) in [4.78, 5) is 28.0. The van der Waals surface area contributed by atoms with Crippen molar-refractivity contribution in [2.75, 3.05) is 0 Å². The van der Waals surface area contributed by atoms with Crippen LogP contribution in [-0.2, 0) is 0 Å². The molecule has 22 heavy (non-hydrogen) atoms. The van der Waals surface area contributed by atoms with Crippen LogP contribution in [0.15, 0.2) is 48.7 Å². The Morgan fingerprint density at radius 3 is 2.64 bits per heavy atom. The molecular weight excluding hydrogens is 305 g/mol. The van der Waals surface area contributed by atoms with Gasteiger partial charge in [0.05, 0.1) is 4.88 Å². The number of aromatic nitrogens is 1. The highest BCUT2D eigenvalue weighted by molar-refractivity contribution is 7.20. The molecule has 3 rings (SSSR count). The number of carbonyl (C=O) groups excluding carboxylic acids is 2. The van der Waals surface area contributed by atoms with Crippen LogP contribution in [0.2, 0.25) is 0 Å². The van der Waals surface area contributed by atoms with Crippen molar-refractivity contribution in [3.63, 3.8) is 0 Å². The second kappa shape index (κ2) is 5.90. The van der Waals surface area contributed by atoms with Crippen molar-refractivity contribution in [1.82, 2.24) is 15.8 Å². The van der Waals surface area contributed by atoms with Crippen LogP contribution in [0.3, 0.4) is 0 Å². The molecule has 0 aliphatic carbocycles. The Hall–Kier alpha value is -2.80. The highest BCUT2D eigenvalue weighted by atomic mass is 32.1. The number of hydrogen-bond donors (Lipinski definition) is 2. The number of amides is 2. The van der Waals surface area contributed by atoms with E-state index in [1.54, 1.807) is 24.3 Å². The summed E-state index contributed by atoms with van der Waals surface area (Å²) in [5, 5.41) is 0.645. The van der Waals surface area contributed by atoms with Crippen LogP contribution in [0.1, 0.15) is 20.2 Å². The maximum Gasteiger partial charge on any atom is 0.288 e. The zero-order chi connectivity index (χ0) is 15.5. The van der Waals surface area contributed by atoms with Crippen molar-refractivity contribution in [3.8, 4) is 0 Å². The Bertz CT molecular complexity index is 848. The number of benzene rings is 1. The Labute approximate surface area is 128 Å². The number of pyridine rings is 1.